The van der Waals surface area contributed by atoms with Crippen LogP contribution in [0, 0.1) is 39.9 Å². The largest absolute Gasteiger partial charge is 0.462 e. The molecule has 0 radical (unpaired) electrons. The van der Waals surface area contributed by atoms with Gasteiger partial charge >= 0.3 is 11.9 Å². The van der Waals surface area contributed by atoms with Gasteiger partial charge in [-0.2, -0.15) is 0 Å². The lowest BCUT2D eigenvalue weighted by molar-refractivity contribution is -0.319. The summed E-state index contributed by atoms with van der Waals surface area (Å²) in [6, 6.07) is 0. The number of carbonyl (C=O) groups excluding carboxylic acids is 2. The molecule has 5 rings (SSSR count). The first-order chi connectivity index (χ1) is 17.1. The van der Waals surface area contributed by atoms with Crippen LogP contribution in [0.15, 0.2) is 11.6 Å². The molecule has 0 saturated heterocycles. The summed E-state index contributed by atoms with van der Waals surface area (Å²) < 4.78 is 11.3. The normalized spacial score (nSPS) is 44.8. The van der Waals surface area contributed by atoms with Crippen LogP contribution in [-0.4, -0.2) is 58.3 Å². The van der Waals surface area contributed by atoms with Gasteiger partial charge < -0.3 is 24.8 Å². The predicted octanol–water partition coefficient (Wildman–Crippen LogP) is 3.05. The Labute approximate surface area is 213 Å². The molecule has 7 nitrogen and oxygen atoms in total. The minimum absolute atomic E-state index is 0.186. The highest BCUT2D eigenvalue weighted by Crippen LogP contribution is 2.70. The van der Waals surface area contributed by atoms with Gasteiger partial charge in [0.15, 0.2) is 0 Å². The molecule has 0 aromatic carbocycles. The third-order valence-electron chi connectivity index (χ3n) is 10.7. The van der Waals surface area contributed by atoms with Crippen LogP contribution in [0.4, 0.5) is 0 Å². The zero-order chi connectivity index (χ0) is 25.8. The summed E-state index contributed by atoms with van der Waals surface area (Å²) in [5, 5.41) is 35.9. The fraction of sp³-hybridized carbons (Fsp3) is 0.793. The van der Waals surface area contributed by atoms with E-state index in [1.807, 2.05) is 6.92 Å². The van der Waals surface area contributed by atoms with Crippen molar-refractivity contribution < 1.29 is 34.4 Å². The number of rotatable bonds is 5. The van der Waals surface area contributed by atoms with E-state index in [0.29, 0.717) is 31.6 Å². The molecular weight excluding hydrogens is 460 g/mol. The number of fused-ring (bicyclic) bond motifs is 4. The highest BCUT2D eigenvalue weighted by atomic mass is 16.5. The SMILES string of the molecule is C[C@@]1(C2CCCC2)CC[C@@H](O)[C@@]2(CO)[C@H]1[C@H]1C[C@](C)(C#CCCC(=O)O1)[C@]2(O)CCC1=CC(=O)OC1. The van der Waals surface area contributed by atoms with Crippen LogP contribution < -0.4 is 0 Å². The van der Waals surface area contributed by atoms with E-state index in [2.05, 4.69) is 18.8 Å². The summed E-state index contributed by atoms with van der Waals surface area (Å²) in [6.07, 6.45) is 7.03. The zero-order valence-corrected chi connectivity index (χ0v) is 21.6. The van der Waals surface area contributed by atoms with E-state index in [4.69, 9.17) is 9.47 Å². The number of ether oxygens (including phenoxy) is 2. The van der Waals surface area contributed by atoms with Gasteiger partial charge in [0, 0.05) is 24.8 Å². The van der Waals surface area contributed by atoms with Gasteiger partial charge in [-0.15, -0.1) is 5.92 Å². The minimum Gasteiger partial charge on any atom is -0.462 e. The second-order valence-corrected chi connectivity index (χ2v) is 12.4. The molecule has 2 aliphatic heterocycles. The van der Waals surface area contributed by atoms with Crippen LogP contribution in [0.1, 0.15) is 84.5 Å². The van der Waals surface area contributed by atoms with Crippen LogP contribution in [0.2, 0.25) is 0 Å². The average molecular weight is 501 g/mol. The molecular formula is C29H40O7. The van der Waals surface area contributed by atoms with Gasteiger partial charge in [0.25, 0.3) is 0 Å². The molecule has 7 heteroatoms. The molecule has 3 aliphatic carbocycles. The van der Waals surface area contributed by atoms with Crippen LogP contribution in [-0.2, 0) is 19.1 Å². The monoisotopic (exact) mass is 500 g/mol. The molecule has 5 aliphatic rings. The molecule has 36 heavy (non-hydrogen) atoms. The molecule has 0 unspecified atom stereocenters. The Hall–Kier alpha value is -1.88. The number of aliphatic hydroxyl groups excluding tert-OH is 2. The third kappa shape index (κ3) is 3.67. The summed E-state index contributed by atoms with van der Waals surface area (Å²) in [6.45, 7) is 3.87. The lowest BCUT2D eigenvalue weighted by Gasteiger charge is -2.70. The molecule has 7 atom stereocenters. The van der Waals surface area contributed by atoms with Gasteiger partial charge in [-0.3, -0.25) is 4.79 Å². The summed E-state index contributed by atoms with van der Waals surface area (Å²) in [5.74, 6) is 5.66. The van der Waals surface area contributed by atoms with Crippen LogP contribution >= 0.6 is 0 Å². The molecule has 3 fully saturated rings. The van der Waals surface area contributed by atoms with E-state index in [-0.39, 0.29) is 36.8 Å². The Morgan fingerprint density at radius 1 is 1.17 bits per heavy atom. The first-order valence-corrected chi connectivity index (χ1v) is 13.7. The molecule has 198 valence electrons. The van der Waals surface area contributed by atoms with Gasteiger partial charge in [0.2, 0.25) is 0 Å². The first-order valence-electron chi connectivity index (χ1n) is 13.7. The molecule has 0 aromatic heterocycles. The van der Waals surface area contributed by atoms with E-state index in [0.717, 1.165) is 37.7 Å². The summed E-state index contributed by atoms with van der Waals surface area (Å²) >= 11 is 0. The van der Waals surface area contributed by atoms with Crippen LogP contribution in [0.3, 0.4) is 0 Å². The standard InChI is InChI=1S/C29H40O7/c1-26-12-6-5-9-23(32)36-21(16-26)25-27(2,20-7-3-4-8-20)13-11-22(31)28(25,18-30)29(26,34)14-10-19-15-24(33)35-17-19/h15,20-22,25,30-31,34H,3-5,7-11,13-14,16-18H2,1-2H3/t21-,22-,25+,26+,27+,28+,29-/m1/s1. The molecule has 3 saturated carbocycles. The fourth-order valence-electron chi connectivity index (χ4n) is 8.85. The van der Waals surface area contributed by atoms with Crippen molar-refractivity contribution in [3.63, 3.8) is 0 Å². The minimum atomic E-state index is -1.58. The number of esters is 2. The highest BCUT2D eigenvalue weighted by molar-refractivity contribution is 5.85. The van der Waals surface area contributed by atoms with Crippen molar-refractivity contribution in [3.05, 3.63) is 11.6 Å². The highest BCUT2D eigenvalue weighted by Gasteiger charge is 2.75. The van der Waals surface area contributed by atoms with Gasteiger partial charge in [-0.1, -0.05) is 25.7 Å². The number of carbonyl (C=O) groups is 2. The van der Waals surface area contributed by atoms with Crippen molar-refractivity contribution in [3.8, 4) is 11.8 Å². The van der Waals surface area contributed by atoms with Crippen molar-refractivity contribution in [2.24, 2.45) is 28.1 Å². The molecule has 0 spiro atoms. The number of hydrogen-bond acceptors (Lipinski definition) is 7. The number of aliphatic hydroxyl groups is 3. The van der Waals surface area contributed by atoms with E-state index in [1.54, 1.807) is 0 Å². The van der Waals surface area contributed by atoms with Crippen molar-refractivity contribution in [2.45, 2.75) is 102 Å². The van der Waals surface area contributed by atoms with Gasteiger partial charge in [0.05, 0.1) is 35.6 Å². The quantitative estimate of drug-likeness (QED) is 0.393. The molecule has 0 aromatic rings. The second-order valence-electron chi connectivity index (χ2n) is 12.4. The zero-order valence-electron chi connectivity index (χ0n) is 21.6. The fourth-order valence-corrected chi connectivity index (χ4v) is 8.85. The maximum atomic E-state index is 12.9. The Morgan fingerprint density at radius 3 is 2.58 bits per heavy atom. The van der Waals surface area contributed by atoms with E-state index in [1.165, 1.54) is 6.08 Å². The lowest BCUT2D eigenvalue weighted by atomic mass is 9.37. The summed E-state index contributed by atoms with van der Waals surface area (Å²) in [4.78, 5) is 24.5. The average Bonchev–Trinajstić information content (AvgIpc) is 3.53. The number of hydrogen-bond donors (Lipinski definition) is 3. The molecule has 0 amide bonds. The Balaban J connectivity index is 1.68. The Bertz CT molecular complexity index is 1000. The summed E-state index contributed by atoms with van der Waals surface area (Å²) in [5.41, 5.74) is -3.46. The summed E-state index contributed by atoms with van der Waals surface area (Å²) in [7, 11) is 0. The second kappa shape index (κ2) is 9.15. The van der Waals surface area contributed by atoms with E-state index >= 15 is 0 Å². The Morgan fingerprint density at radius 2 is 1.92 bits per heavy atom. The maximum Gasteiger partial charge on any atom is 0.331 e. The van der Waals surface area contributed by atoms with E-state index in [9.17, 15) is 24.9 Å². The third-order valence-corrected chi connectivity index (χ3v) is 10.7. The topological polar surface area (TPSA) is 113 Å². The van der Waals surface area contributed by atoms with Gasteiger partial charge in [-0.25, -0.2) is 4.79 Å². The van der Waals surface area contributed by atoms with Crippen molar-refractivity contribution >= 4 is 11.9 Å². The van der Waals surface area contributed by atoms with Gasteiger partial charge in [-0.05, 0) is 62.4 Å². The molecule has 2 bridgehead atoms. The van der Waals surface area contributed by atoms with Gasteiger partial charge in [0.1, 0.15) is 12.7 Å². The number of cyclic esters (lactones) is 1. The maximum absolute atomic E-state index is 12.9. The van der Waals surface area contributed by atoms with E-state index < -0.39 is 41.2 Å². The van der Waals surface area contributed by atoms with Crippen molar-refractivity contribution in [2.75, 3.05) is 13.2 Å². The predicted molar refractivity (Wildman–Crippen MR) is 131 cm³/mol. The molecule has 2 heterocycles. The Kier molecular flexibility index (Phi) is 6.54. The molecule has 3 N–H and O–H groups in total. The van der Waals surface area contributed by atoms with Crippen molar-refractivity contribution in [1.29, 1.82) is 0 Å². The van der Waals surface area contributed by atoms with Crippen molar-refractivity contribution in [1.82, 2.24) is 0 Å². The first kappa shape index (κ1) is 25.8. The van der Waals surface area contributed by atoms with Crippen LogP contribution in [0.5, 0.6) is 0 Å². The smallest absolute Gasteiger partial charge is 0.331 e. The van der Waals surface area contributed by atoms with Crippen LogP contribution in [0.25, 0.3) is 0 Å². The lowest BCUT2D eigenvalue weighted by Crippen LogP contribution is -2.77.